The highest BCUT2D eigenvalue weighted by Gasteiger charge is 2.15. The van der Waals surface area contributed by atoms with Crippen molar-refractivity contribution < 1.29 is 4.79 Å². The summed E-state index contributed by atoms with van der Waals surface area (Å²) < 4.78 is 1.93. The molecule has 3 rings (SSSR count). The quantitative estimate of drug-likeness (QED) is 0.613. The number of halogens is 2. The van der Waals surface area contributed by atoms with Crippen LogP contribution in [0.4, 0.5) is 5.69 Å². The van der Waals surface area contributed by atoms with E-state index in [0.717, 1.165) is 5.69 Å². The molecule has 0 unspecified atom stereocenters. The van der Waals surface area contributed by atoms with Crippen molar-refractivity contribution in [2.24, 2.45) is 0 Å². The van der Waals surface area contributed by atoms with Gasteiger partial charge in [0.05, 0.1) is 16.5 Å². The van der Waals surface area contributed by atoms with Crippen LogP contribution in [0, 0.1) is 0 Å². The van der Waals surface area contributed by atoms with Crippen LogP contribution in [0.1, 0.15) is 6.92 Å². The lowest BCUT2D eigenvalue weighted by Crippen LogP contribution is -2.15. The molecule has 0 bridgehead atoms. The van der Waals surface area contributed by atoms with E-state index in [9.17, 15) is 4.79 Å². The maximum absolute atomic E-state index is 12.2. The molecule has 9 heteroatoms. The molecule has 0 atom stereocenters. The molecule has 0 radical (unpaired) electrons. The summed E-state index contributed by atoms with van der Waals surface area (Å²) in [5.41, 5.74) is 1.26. The van der Waals surface area contributed by atoms with Gasteiger partial charge in [0.25, 0.3) is 0 Å². The van der Waals surface area contributed by atoms with Crippen LogP contribution in [-0.2, 0) is 11.3 Å². The lowest BCUT2D eigenvalue weighted by Gasteiger charge is -2.08. The molecular formula is C17H15Cl2N5OS. The lowest BCUT2D eigenvalue weighted by atomic mass is 10.3. The van der Waals surface area contributed by atoms with E-state index in [0.29, 0.717) is 33.3 Å². The number of hydrogen-bond acceptors (Lipinski definition) is 5. The summed E-state index contributed by atoms with van der Waals surface area (Å²) in [6, 6.07) is 10.5. The van der Waals surface area contributed by atoms with E-state index >= 15 is 0 Å². The SMILES string of the molecule is CCn1c(SCC(=O)Nc2ccc(Cl)cc2Cl)nnc1-c1ccccn1. The first-order valence-electron chi connectivity index (χ1n) is 7.80. The zero-order chi connectivity index (χ0) is 18.5. The summed E-state index contributed by atoms with van der Waals surface area (Å²) in [4.78, 5) is 16.5. The van der Waals surface area contributed by atoms with Crippen molar-refractivity contribution >= 4 is 46.6 Å². The minimum absolute atomic E-state index is 0.180. The molecule has 0 fully saturated rings. The van der Waals surface area contributed by atoms with Gasteiger partial charge in [-0.1, -0.05) is 41.0 Å². The monoisotopic (exact) mass is 407 g/mol. The van der Waals surface area contributed by atoms with E-state index in [-0.39, 0.29) is 11.7 Å². The maximum atomic E-state index is 12.2. The van der Waals surface area contributed by atoms with Crippen LogP contribution in [-0.4, -0.2) is 31.4 Å². The van der Waals surface area contributed by atoms with E-state index in [1.54, 1.807) is 24.4 Å². The number of anilines is 1. The fraction of sp³-hybridized carbons (Fsp3) is 0.176. The molecule has 134 valence electrons. The second-order valence-electron chi connectivity index (χ2n) is 5.23. The second kappa shape index (κ2) is 8.53. The van der Waals surface area contributed by atoms with Gasteiger partial charge in [0.15, 0.2) is 11.0 Å². The molecular weight excluding hydrogens is 393 g/mol. The highest BCUT2D eigenvalue weighted by Crippen LogP contribution is 2.26. The number of benzene rings is 1. The average Bonchev–Trinajstić information content (AvgIpc) is 3.06. The van der Waals surface area contributed by atoms with Crippen molar-refractivity contribution in [3.63, 3.8) is 0 Å². The molecule has 0 aliphatic heterocycles. The summed E-state index contributed by atoms with van der Waals surface area (Å²) in [5.74, 6) is 0.667. The topological polar surface area (TPSA) is 72.7 Å². The molecule has 3 aromatic rings. The number of pyridine rings is 1. The molecule has 0 saturated heterocycles. The third kappa shape index (κ3) is 4.35. The zero-order valence-corrected chi connectivity index (χ0v) is 16.1. The molecule has 6 nitrogen and oxygen atoms in total. The van der Waals surface area contributed by atoms with Gasteiger partial charge in [-0.3, -0.25) is 9.78 Å². The van der Waals surface area contributed by atoms with Crippen molar-refractivity contribution in [3.05, 3.63) is 52.6 Å². The second-order valence-corrected chi connectivity index (χ2v) is 7.01. The largest absolute Gasteiger partial charge is 0.324 e. The number of nitrogens with one attached hydrogen (secondary N) is 1. The zero-order valence-electron chi connectivity index (χ0n) is 13.8. The first-order chi connectivity index (χ1) is 12.6. The fourth-order valence-electron chi connectivity index (χ4n) is 2.27. The molecule has 0 aliphatic rings. The van der Waals surface area contributed by atoms with Gasteiger partial charge in [-0.15, -0.1) is 10.2 Å². The number of aromatic nitrogens is 4. The first kappa shape index (κ1) is 18.7. The fourth-order valence-corrected chi connectivity index (χ4v) is 3.53. The normalized spacial score (nSPS) is 10.7. The smallest absolute Gasteiger partial charge is 0.234 e. The molecule has 1 N–H and O–H groups in total. The summed E-state index contributed by atoms with van der Waals surface area (Å²) in [6.45, 7) is 2.67. The van der Waals surface area contributed by atoms with E-state index in [4.69, 9.17) is 23.2 Å². The van der Waals surface area contributed by atoms with Crippen LogP contribution in [0.15, 0.2) is 47.8 Å². The van der Waals surface area contributed by atoms with Gasteiger partial charge in [0.1, 0.15) is 5.69 Å². The number of hydrogen-bond donors (Lipinski definition) is 1. The van der Waals surface area contributed by atoms with Crippen LogP contribution in [0.25, 0.3) is 11.5 Å². The molecule has 1 amide bonds. The van der Waals surface area contributed by atoms with Gasteiger partial charge in [-0.05, 0) is 37.3 Å². The molecule has 2 heterocycles. The van der Waals surface area contributed by atoms with Gasteiger partial charge in [-0.2, -0.15) is 0 Å². The van der Waals surface area contributed by atoms with Crippen LogP contribution in [0.3, 0.4) is 0 Å². The first-order valence-corrected chi connectivity index (χ1v) is 9.55. The lowest BCUT2D eigenvalue weighted by molar-refractivity contribution is -0.113. The molecule has 1 aromatic carbocycles. The highest BCUT2D eigenvalue weighted by atomic mass is 35.5. The van der Waals surface area contributed by atoms with Crippen LogP contribution in [0.2, 0.25) is 10.0 Å². The van der Waals surface area contributed by atoms with Gasteiger partial charge in [0, 0.05) is 17.8 Å². The average molecular weight is 408 g/mol. The minimum atomic E-state index is -0.190. The number of carbonyl (C=O) groups excluding carboxylic acids is 1. The van der Waals surface area contributed by atoms with Gasteiger partial charge >= 0.3 is 0 Å². The Morgan fingerprint density at radius 1 is 1.23 bits per heavy atom. The Balaban J connectivity index is 1.68. The van der Waals surface area contributed by atoms with Crippen molar-refractivity contribution in [3.8, 4) is 11.5 Å². The summed E-state index contributed by atoms with van der Waals surface area (Å²) >= 11 is 13.2. The molecule has 0 aliphatic carbocycles. The molecule has 0 spiro atoms. The van der Waals surface area contributed by atoms with Gasteiger partial charge in [0.2, 0.25) is 5.91 Å². The Morgan fingerprint density at radius 3 is 2.77 bits per heavy atom. The van der Waals surface area contributed by atoms with Gasteiger partial charge < -0.3 is 9.88 Å². The third-order valence-corrected chi connectivity index (χ3v) is 4.98. The highest BCUT2D eigenvalue weighted by molar-refractivity contribution is 7.99. The van der Waals surface area contributed by atoms with Crippen LogP contribution in [0.5, 0.6) is 0 Å². The Labute approximate surface area is 164 Å². The van der Waals surface area contributed by atoms with Gasteiger partial charge in [-0.25, -0.2) is 0 Å². The maximum Gasteiger partial charge on any atom is 0.234 e. The van der Waals surface area contributed by atoms with Crippen molar-refractivity contribution in [2.75, 3.05) is 11.1 Å². The summed E-state index contributed by atoms with van der Waals surface area (Å²) in [7, 11) is 0. The van der Waals surface area contributed by atoms with Crippen LogP contribution >= 0.6 is 35.0 Å². The predicted molar refractivity (Wildman–Crippen MR) is 105 cm³/mol. The minimum Gasteiger partial charge on any atom is -0.324 e. The van der Waals surface area contributed by atoms with E-state index in [2.05, 4.69) is 20.5 Å². The Kier molecular flexibility index (Phi) is 6.13. The Morgan fingerprint density at radius 2 is 2.08 bits per heavy atom. The number of nitrogens with zero attached hydrogens (tertiary/aromatic N) is 4. The number of rotatable bonds is 6. The van der Waals surface area contributed by atoms with Crippen LogP contribution < -0.4 is 5.32 Å². The van der Waals surface area contributed by atoms with E-state index in [1.807, 2.05) is 29.7 Å². The number of thioether (sulfide) groups is 1. The van der Waals surface area contributed by atoms with E-state index < -0.39 is 0 Å². The Hall–Kier alpha value is -2.09. The van der Waals surface area contributed by atoms with E-state index in [1.165, 1.54) is 11.8 Å². The standard InChI is InChI=1S/C17H15Cl2N5OS/c1-2-24-16(14-5-3-4-8-20-14)22-23-17(24)26-10-15(25)21-13-7-6-11(18)9-12(13)19/h3-9H,2,10H2,1H3,(H,21,25). The summed E-state index contributed by atoms with van der Waals surface area (Å²) in [6.07, 6.45) is 1.71. The molecule has 0 saturated carbocycles. The third-order valence-electron chi connectivity index (χ3n) is 3.46. The predicted octanol–water partition coefficient (Wildman–Crippen LogP) is 4.40. The van der Waals surface area contributed by atoms with Crippen molar-refractivity contribution in [1.29, 1.82) is 0 Å². The summed E-state index contributed by atoms with van der Waals surface area (Å²) in [5, 5.41) is 12.7. The Bertz CT molecular complexity index is 917. The number of carbonyl (C=O) groups is 1. The van der Waals surface area contributed by atoms with Crippen molar-refractivity contribution in [2.45, 2.75) is 18.6 Å². The van der Waals surface area contributed by atoms with Crippen molar-refractivity contribution in [1.82, 2.24) is 19.7 Å². The number of amides is 1. The molecule has 26 heavy (non-hydrogen) atoms. The molecule has 2 aromatic heterocycles.